The Hall–Kier alpha value is -1.45. The van der Waals surface area contributed by atoms with Crippen molar-refractivity contribution in [3.63, 3.8) is 0 Å². The molecule has 1 unspecified atom stereocenters. The number of fused-ring (bicyclic) bond motifs is 2. The fraction of sp³-hybridized carbons (Fsp3) is 0.455. The Morgan fingerprint density at radius 3 is 1.99 bits per heavy atom. The third-order valence-electron chi connectivity index (χ3n) is 11.1. The van der Waals surface area contributed by atoms with Gasteiger partial charge in [-0.05, 0) is 82.3 Å². The predicted molar refractivity (Wildman–Crippen MR) is 302 cm³/mol. The van der Waals surface area contributed by atoms with Gasteiger partial charge in [-0.2, -0.15) is 0 Å². The Kier molecular flexibility index (Phi) is 23.2. The van der Waals surface area contributed by atoms with Gasteiger partial charge in [0, 0.05) is 86.7 Å². The van der Waals surface area contributed by atoms with E-state index in [1.54, 1.807) is 57.5 Å². The molecule has 2 aromatic heterocycles. The van der Waals surface area contributed by atoms with Gasteiger partial charge in [0.2, 0.25) is 27.7 Å². The number of nitrogens with zero attached hydrogens (tertiary/aromatic N) is 3. The maximum absolute atomic E-state index is 14.3. The first kappa shape index (κ1) is 60.1. The van der Waals surface area contributed by atoms with Crippen LogP contribution >= 0.6 is 109 Å². The number of methoxy groups -OCH3 is 2. The van der Waals surface area contributed by atoms with Crippen molar-refractivity contribution in [2.45, 2.75) is 94.8 Å². The number of sulfonamides is 1. The monoisotopic (exact) mass is 1590 g/mol. The second-order valence-corrected chi connectivity index (χ2v) is 36.9. The molecule has 4 aromatic rings. The number of halogens is 8. The SMILES string of the molecule is C=C[C@@H]1C[C@]1(NC(=O)[C@@H]1CC(Oc2ncc(OC)c3ccc(Cl)cc23)CN1C(=O)[C@@H](NC(=O)NC(C)(C)C)C(C)C)C(=O)NS(=O)(=O)C1CC1.COc1cnc(Cl)c2cc(Cl)ccc12.II.I[I-]I. The zero-order valence-corrected chi connectivity index (χ0v) is 52.2. The van der Waals surface area contributed by atoms with Crippen LogP contribution in [0.3, 0.4) is 0 Å². The van der Waals surface area contributed by atoms with E-state index in [0.29, 0.717) is 63.6 Å². The van der Waals surface area contributed by atoms with Crippen LogP contribution in [0.1, 0.15) is 60.3 Å². The summed E-state index contributed by atoms with van der Waals surface area (Å²) in [6, 6.07) is 7.86. The van der Waals surface area contributed by atoms with Crippen LogP contribution in [0.15, 0.2) is 61.4 Å². The molecule has 3 heterocycles. The second kappa shape index (κ2) is 26.7. The number of hydrogen-bond acceptors (Lipinski definition) is 11. The normalized spacial score (nSPS) is 19.9. The van der Waals surface area contributed by atoms with Gasteiger partial charge in [-0.25, -0.2) is 23.2 Å². The third kappa shape index (κ3) is 16.0. The molecular formula is C44H52Cl3I5N7O9S-. The second-order valence-electron chi connectivity index (χ2n) is 17.4. The van der Waals surface area contributed by atoms with Gasteiger partial charge in [-0.1, -0.05) is 54.7 Å². The van der Waals surface area contributed by atoms with E-state index in [1.165, 1.54) is 24.3 Å². The maximum atomic E-state index is 14.3. The fourth-order valence-electron chi connectivity index (χ4n) is 7.50. The van der Waals surface area contributed by atoms with Gasteiger partial charge in [-0.3, -0.25) is 19.1 Å². The minimum atomic E-state index is -3.90. The summed E-state index contributed by atoms with van der Waals surface area (Å²) in [4.78, 5) is 64.5. The van der Waals surface area contributed by atoms with Crippen molar-refractivity contribution in [3.8, 4) is 17.4 Å². The van der Waals surface area contributed by atoms with Crippen molar-refractivity contribution in [2.24, 2.45) is 11.8 Å². The van der Waals surface area contributed by atoms with Crippen molar-refractivity contribution in [1.82, 2.24) is 35.5 Å². The molecule has 7 rings (SSSR count). The van der Waals surface area contributed by atoms with E-state index in [9.17, 15) is 27.6 Å². The number of pyridine rings is 2. The Bertz CT molecular complexity index is 2630. The molecule has 16 nitrogen and oxygen atoms in total. The number of hydrogen-bond donors (Lipinski definition) is 4. The van der Waals surface area contributed by atoms with Crippen molar-refractivity contribution in [3.05, 3.63) is 76.6 Å². The van der Waals surface area contributed by atoms with E-state index >= 15 is 0 Å². The molecule has 3 fully saturated rings. The quantitative estimate of drug-likeness (QED) is 0.0602. The Morgan fingerprint density at radius 2 is 1.48 bits per heavy atom. The first-order valence-electron chi connectivity index (χ1n) is 21.0. The average Bonchev–Trinajstić information content (AvgIpc) is 4.23. The first-order chi connectivity index (χ1) is 32.5. The molecule has 1 aliphatic heterocycles. The topological polar surface area (TPSA) is 207 Å². The van der Waals surface area contributed by atoms with E-state index < -0.39 is 74.2 Å². The van der Waals surface area contributed by atoms with E-state index in [1.807, 2.05) is 26.8 Å². The van der Waals surface area contributed by atoms with Gasteiger partial charge >= 0.3 is 56.5 Å². The molecule has 4 N–H and O–H groups in total. The van der Waals surface area contributed by atoms with E-state index in [0.717, 1.165) is 10.8 Å². The van der Waals surface area contributed by atoms with Crippen molar-refractivity contribution >= 4 is 165 Å². The number of carbonyl (C=O) groups excluding carboxylic acids is 4. The number of rotatable bonds is 13. The minimum absolute atomic E-state index is 0.00315. The van der Waals surface area contributed by atoms with Crippen molar-refractivity contribution in [1.29, 1.82) is 0 Å². The van der Waals surface area contributed by atoms with Gasteiger partial charge in [0.1, 0.15) is 40.4 Å². The number of urea groups is 1. The fourth-order valence-corrected chi connectivity index (χ4v) is 9.42. The Balaban J connectivity index is 0.000000455. The molecule has 0 bridgehead atoms. The predicted octanol–water partition coefficient (Wildman–Crippen LogP) is 7.13. The van der Waals surface area contributed by atoms with Crippen molar-refractivity contribution in [2.75, 3.05) is 20.8 Å². The summed E-state index contributed by atoms with van der Waals surface area (Å²) in [6.07, 6.45) is 4.89. The molecule has 0 spiro atoms. The molecule has 3 aliphatic rings. The summed E-state index contributed by atoms with van der Waals surface area (Å²) in [5, 5.41) is 12.1. The molecule has 1 saturated heterocycles. The summed E-state index contributed by atoms with van der Waals surface area (Å²) in [5.74, 6) is -1.55. The number of benzene rings is 2. The van der Waals surface area contributed by atoms with Gasteiger partial charge < -0.3 is 35.1 Å². The summed E-state index contributed by atoms with van der Waals surface area (Å²) in [5.41, 5.74) is -2.13. The molecule has 25 heteroatoms. The first-order valence-corrected chi connectivity index (χ1v) is 42.5. The zero-order valence-electron chi connectivity index (χ0n) is 38.4. The molecule has 2 saturated carbocycles. The number of amides is 5. The van der Waals surface area contributed by atoms with Crippen LogP contribution < -0.4 is 48.1 Å². The summed E-state index contributed by atoms with van der Waals surface area (Å²) < 4.78 is 44.4. The van der Waals surface area contributed by atoms with Crippen LogP contribution in [0.25, 0.3) is 21.5 Å². The van der Waals surface area contributed by atoms with Crippen LogP contribution in [0.4, 0.5) is 4.79 Å². The van der Waals surface area contributed by atoms with E-state index in [4.69, 9.17) is 49.0 Å². The zero-order chi connectivity index (χ0) is 51.6. The van der Waals surface area contributed by atoms with Gasteiger partial charge in [-0.15, -0.1) is 6.58 Å². The van der Waals surface area contributed by atoms with Crippen molar-refractivity contribution < 1.29 is 55.1 Å². The van der Waals surface area contributed by atoms with Crippen LogP contribution in [0, 0.1) is 11.8 Å². The van der Waals surface area contributed by atoms with Gasteiger partial charge in [0.05, 0.1) is 38.4 Å². The molecule has 69 heavy (non-hydrogen) atoms. The number of carbonyl (C=O) groups is 4. The van der Waals surface area contributed by atoms with E-state index in [2.05, 4.69) is 112 Å². The molecule has 0 radical (unpaired) electrons. The van der Waals surface area contributed by atoms with E-state index in [-0.39, 0.29) is 31.2 Å². The van der Waals surface area contributed by atoms with Crippen LogP contribution in [0.2, 0.25) is 15.2 Å². The molecule has 2 aliphatic carbocycles. The van der Waals surface area contributed by atoms with Gasteiger partial charge in [0.15, 0.2) is 0 Å². The Morgan fingerprint density at radius 1 is 0.928 bits per heavy atom. The van der Waals surface area contributed by atoms with Crippen LogP contribution in [0.5, 0.6) is 17.4 Å². The van der Waals surface area contributed by atoms with Crippen LogP contribution in [-0.2, 0) is 24.4 Å². The summed E-state index contributed by atoms with van der Waals surface area (Å²) in [6.45, 7) is 12.7. The summed E-state index contributed by atoms with van der Waals surface area (Å²) >= 11 is 27.6. The third-order valence-corrected chi connectivity index (χ3v) is 13.7. The number of likely N-dealkylation sites (tertiary alicyclic amines) is 1. The standard InChI is InChI=1S/C34H45ClN6O8S.C10H7Cl2NO.I3.I2/c1-8-19-15-34(19,31(44)40-50(46,47)22-10-11-22)38-28(42)25-14-21(49-29-24-13-20(35)9-12-23(24)26(48-7)16-36-29)17-41(25)30(43)27(18(2)3)37-32(45)39-33(4,5)6;1-14-9-5-13-10(12)8-4-6(11)2-3-7(8)9;1-3-2;1-2/h8-9,12-13,16,18-19,21-22,25,27H,1,10-11,14-15,17H2,2-7H3,(H,38,42)(H,40,44)(H2,37,39,45);2-5H,1H3;;/q;;-1;/t19-,21?,25+,27+,34-;;;/m1.../s1. The average molecular weight is 1600 g/mol. The molecular weight excluding hydrogens is 1540 g/mol. The van der Waals surface area contributed by atoms with Crippen LogP contribution in [-0.4, -0.2) is 102 Å². The molecule has 380 valence electrons. The van der Waals surface area contributed by atoms with Gasteiger partial charge in [0.25, 0.3) is 5.91 Å². The molecule has 5 amide bonds. The number of ether oxygens (including phenoxy) is 3. The number of nitrogens with one attached hydrogen (secondary N) is 4. The molecule has 5 atom stereocenters. The molecule has 2 aromatic carbocycles. The summed E-state index contributed by atoms with van der Waals surface area (Å²) in [7, 11) is -0.785. The number of aromatic nitrogens is 2. The Labute approximate surface area is 470 Å².